The molecule has 4 atom stereocenters. The van der Waals surface area contributed by atoms with Crippen LogP contribution in [0.15, 0.2) is 0 Å². The molecule has 0 radical (unpaired) electrons. The lowest BCUT2D eigenvalue weighted by Gasteiger charge is -2.47. The van der Waals surface area contributed by atoms with Crippen LogP contribution in [0.1, 0.15) is 44.9 Å². The van der Waals surface area contributed by atoms with Crippen molar-refractivity contribution in [3.63, 3.8) is 0 Å². The lowest BCUT2D eigenvalue weighted by Crippen LogP contribution is -2.60. The molecular weight excluding hydrogens is 256 g/mol. The maximum atomic E-state index is 12.5. The molecule has 5 heteroatoms. The molecule has 0 aromatic heterocycles. The SMILES string of the molecule is C#CCC(N)C(=O)N1C(C(=O)O)CCC2CCCCC21. The molecule has 2 fully saturated rings. The van der Waals surface area contributed by atoms with Crippen molar-refractivity contribution in [2.75, 3.05) is 0 Å². The summed E-state index contributed by atoms with van der Waals surface area (Å²) in [4.78, 5) is 25.5. The van der Waals surface area contributed by atoms with E-state index < -0.39 is 18.1 Å². The van der Waals surface area contributed by atoms with E-state index in [4.69, 9.17) is 12.2 Å². The summed E-state index contributed by atoms with van der Waals surface area (Å²) in [5.41, 5.74) is 5.82. The van der Waals surface area contributed by atoms with E-state index in [9.17, 15) is 14.7 Å². The second-order valence-electron chi connectivity index (χ2n) is 5.80. The Kier molecular flexibility index (Phi) is 4.66. The molecule has 1 aliphatic carbocycles. The summed E-state index contributed by atoms with van der Waals surface area (Å²) >= 11 is 0. The molecule has 1 amide bonds. The standard InChI is InChI=1S/C15H22N2O3/c1-2-5-11(16)14(18)17-12-7-4-3-6-10(12)8-9-13(17)15(19)20/h1,10-13H,3-9,16H2,(H,19,20). The maximum Gasteiger partial charge on any atom is 0.326 e. The topological polar surface area (TPSA) is 83.6 Å². The van der Waals surface area contributed by atoms with Gasteiger partial charge in [0.05, 0.1) is 6.04 Å². The Labute approximate surface area is 119 Å². The summed E-state index contributed by atoms with van der Waals surface area (Å²) in [5, 5.41) is 9.38. The van der Waals surface area contributed by atoms with Gasteiger partial charge in [-0.1, -0.05) is 12.8 Å². The number of carboxylic acid groups (broad SMARTS) is 1. The van der Waals surface area contributed by atoms with E-state index in [1.54, 1.807) is 0 Å². The van der Waals surface area contributed by atoms with Gasteiger partial charge in [0.2, 0.25) is 5.91 Å². The van der Waals surface area contributed by atoms with E-state index in [0.717, 1.165) is 32.1 Å². The summed E-state index contributed by atoms with van der Waals surface area (Å²) in [6.45, 7) is 0. The number of terminal acetylenes is 1. The Hall–Kier alpha value is -1.54. The summed E-state index contributed by atoms with van der Waals surface area (Å²) in [5.74, 6) is 1.57. The number of piperidine rings is 1. The van der Waals surface area contributed by atoms with Crippen LogP contribution in [0.2, 0.25) is 0 Å². The lowest BCUT2D eigenvalue weighted by molar-refractivity contribution is -0.158. The van der Waals surface area contributed by atoms with Gasteiger partial charge in [0.1, 0.15) is 6.04 Å². The van der Waals surface area contributed by atoms with E-state index in [0.29, 0.717) is 12.3 Å². The van der Waals surface area contributed by atoms with Gasteiger partial charge in [-0.2, -0.15) is 0 Å². The monoisotopic (exact) mass is 278 g/mol. The first kappa shape index (κ1) is 14.9. The van der Waals surface area contributed by atoms with Gasteiger partial charge in [0, 0.05) is 12.5 Å². The van der Waals surface area contributed by atoms with Crippen LogP contribution in [0.3, 0.4) is 0 Å². The first-order valence-electron chi connectivity index (χ1n) is 7.30. The largest absolute Gasteiger partial charge is 0.480 e. The van der Waals surface area contributed by atoms with Crippen molar-refractivity contribution in [2.24, 2.45) is 11.7 Å². The smallest absolute Gasteiger partial charge is 0.326 e. The van der Waals surface area contributed by atoms with Crippen LogP contribution in [0.4, 0.5) is 0 Å². The Balaban J connectivity index is 2.23. The molecule has 20 heavy (non-hydrogen) atoms. The van der Waals surface area contributed by atoms with E-state index in [2.05, 4.69) is 5.92 Å². The molecule has 1 heterocycles. The Morgan fingerprint density at radius 2 is 2.00 bits per heavy atom. The van der Waals surface area contributed by atoms with Crippen LogP contribution in [-0.4, -0.2) is 40.0 Å². The summed E-state index contributed by atoms with van der Waals surface area (Å²) in [7, 11) is 0. The molecule has 1 aliphatic heterocycles. The minimum Gasteiger partial charge on any atom is -0.480 e. The first-order chi connectivity index (χ1) is 9.56. The normalized spacial score (nSPS) is 31.0. The number of carbonyl (C=O) groups excluding carboxylic acids is 1. The van der Waals surface area contributed by atoms with Gasteiger partial charge in [-0.3, -0.25) is 4.79 Å². The van der Waals surface area contributed by atoms with Crippen LogP contribution in [0.25, 0.3) is 0 Å². The van der Waals surface area contributed by atoms with Crippen molar-refractivity contribution in [1.82, 2.24) is 4.90 Å². The van der Waals surface area contributed by atoms with Crippen molar-refractivity contribution in [2.45, 2.75) is 63.1 Å². The molecule has 4 unspecified atom stereocenters. The molecule has 0 aromatic carbocycles. The number of aliphatic carboxylic acids is 1. The van der Waals surface area contributed by atoms with Gasteiger partial charge < -0.3 is 15.7 Å². The molecule has 0 aromatic rings. The van der Waals surface area contributed by atoms with Crippen molar-refractivity contribution in [3.05, 3.63) is 0 Å². The molecule has 0 spiro atoms. The highest BCUT2D eigenvalue weighted by Gasteiger charge is 2.44. The first-order valence-corrected chi connectivity index (χ1v) is 7.30. The highest BCUT2D eigenvalue weighted by molar-refractivity contribution is 5.87. The lowest BCUT2D eigenvalue weighted by atomic mass is 9.76. The van der Waals surface area contributed by atoms with Crippen LogP contribution in [-0.2, 0) is 9.59 Å². The average Bonchev–Trinajstić information content (AvgIpc) is 2.45. The molecule has 2 rings (SSSR count). The fraction of sp³-hybridized carbons (Fsp3) is 0.733. The molecule has 2 aliphatic rings. The quantitative estimate of drug-likeness (QED) is 0.754. The van der Waals surface area contributed by atoms with Gasteiger partial charge in [-0.05, 0) is 31.6 Å². The zero-order valence-electron chi connectivity index (χ0n) is 11.6. The second kappa shape index (κ2) is 6.27. The third-order valence-corrected chi connectivity index (χ3v) is 4.57. The molecular formula is C15H22N2O3. The van der Waals surface area contributed by atoms with Gasteiger partial charge in [0.15, 0.2) is 0 Å². The van der Waals surface area contributed by atoms with Crippen molar-refractivity contribution in [1.29, 1.82) is 0 Å². The summed E-state index contributed by atoms with van der Waals surface area (Å²) in [6, 6.07) is -1.51. The minimum atomic E-state index is -0.935. The van der Waals surface area contributed by atoms with E-state index >= 15 is 0 Å². The number of hydrogen-bond acceptors (Lipinski definition) is 3. The van der Waals surface area contributed by atoms with E-state index in [-0.39, 0.29) is 18.4 Å². The number of rotatable bonds is 3. The number of nitrogens with zero attached hydrogens (tertiary/aromatic N) is 1. The number of amides is 1. The number of hydrogen-bond donors (Lipinski definition) is 2. The number of fused-ring (bicyclic) bond motifs is 1. The Morgan fingerprint density at radius 1 is 1.30 bits per heavy atom. The highest BCUT2D eigenvalue weighted by Crippen LogP contribution is 2.38. The molecule has 1 saturated carbocycles. The predicted octanol–water partition coefficient (Wildman–Crippen LogP) is 0.971. The van der Waals surface area contributed by atoms with Crippen LogP contribution in [0, 0.1) is 18.3 Å². The second-order valence-corrected chi connectivity index (χ2v) is 5.80. The van der Waals surface area contributed by atoms with Gasteiger partial charge in [-0.15, -0.1) is 12.3 Å². The molecule has 110 valence electrons. The Morgan fingerprint density at radius 3 is 2.65 bits per heavy atom. The number of carbonyl (C=O) groups is 2. The third-order valence-electron chi connectivity index (χ3n) is 4.57. The van der Waals surface area contributed by atoms with Crippen molar-refractivity contribution in [3.8, 4) is 12.3 Å². The van der Waals surface area contributed by atoms with E-state index in [1.165, 1.54) is 4.90 Å². The number of carboxylic acids is 1. The zero-order chi connectivity index (χ0) is 14.7. The number of likely N-dealkylation sites (tertiary alicyclic amines) is 1. The summed E-state index contributed by atoms with van der Waals surface area (Å²) in [6.07, 6.45) is 10.9. The third kappa shape index (κ3) is 2.80. The summed E-state index contributed by atoms with van der Waals surface area (Å²) < 4.78 is 0. The fourth-order valence-electron chi connectivity index (χ4n) is 3.60. The van der Waals surface area contributed by atoms with Gasteiger partial charge >= 0.3 is 5.97 Å². The van der Waals surface area contributed by atoms with Crippen LogP contribution < -0.4 is 5.73 Å². The molecule has 5 nitrogen and oxygen atoms in total. The molecule has 1 saturated heterocycles. The van der Waals surface area contributed by atoms with E-state index in [1.807, 2.05) is 0 Å². The average molecular weight is 278 g/mol. The zero-order valence-corrected chi connectivity index (χ0v) is 11.6. The highest BCUT2D eigenvalue weighted by atomic mass is 16.4. The van der Waals surface area contributed by atoms with Crippen molar-refractivity contribution >= 4 is 11.9 Å². The fourth-order valence-corrected chi connectivity index (χ4v) is 3.60. The molecule has 0 bridgehead atoms. The van der Waals surface area contributed by atoms with Crippen molar-refractivity contribution < 1.29 is 14.7 Å². The minimum absolute atomic E-state index is 0.0231. The predicted molar refractivity (Wildman–Crippen MR) is 74.7 cm³/mol. The van der Waals surface area contributed by atoms with Gasteiger partial charge in [-0.25, -0.2) is 4.79 Å². The van der Waals surface area contributed by atoms with Gasteiger partial charge in [0.25, 0.3) is 0 Å². The van der Waals surface area contributed by atoms with Crippen LogP contribution in [0.5, 0.6) is 0 Å². The maximum absolute atomic E-state index is 12.5. The molecule has 3 N–H and O–H groups in total. The Bertz CT molecular complexity index is 429. The van der Waals surface area contributed by atoms with Crippen LogP contribution >= 0.6 is 0 Å². The number of nitrogens with two attached hydrogens (primary N) is 1.